The van der Waals surface area contributed by atoms with E-state index in [1.165, 1.54) is 9.75 Å². The highest BCUT2D eigenvalue weighted by Gasteiger charge is 2.32. The van der Waals surface area contributed by atoms with Crippen LogP contribution in [0.1, 0.15) is 29.1 Å². The number of thiophene rings is 1. The molecule has 1 aliphatic heterocycles. The molecular formula is C12H19NO2S. The molecule has 0 bridgehead atoms. The molecule has 1 saturated heterocycles. The van der Waals surface area contributed by atoms with Crippen LogP contribution in [0.4, 0.5) is 0 Å². The summed E-state index contributed by atoms with van der Waals surface area (Å²) in [4.78, 5) is 2.64. The molecule has 16 heavy (non-hydrogen) atoms. The number of nitrogens with one attached hydrogen (secondary N) is 1. The van der Waals surface area contributed by atoms with Crippen molar-refractivity contribution in [2.75, 3.05) is 19.8 Å². The lowest BCUT2D eigenvalue weighted by molar-refractivity contribution is 0.0252. The Morgan fingerprint density at radius 2 is 2.44 bits per heavy atom. The van der Waals surface area contributed by atoms with Crippen LogP contribution in [-0.4, -0.2) is 30.5 Å². The monoisotopic (exact) mass is 241 g/mol. The molecule has 2 rings (SSSR count). The molecular weight excluding hydrogens is 222 g/mol. The summed E-state index contributed by atoms with van der Waals surface area (Å²) in [6.07, 6.45) is 0.732. The Balaban J connectivity index is 1.86. The van der Waals surface area contributed by atoms with E-state index in [1.807, 2.05) is 0 Å². The van der Waals surface area contributed by atoms with Gasteiger partial charge >= 0.3 is 0 Å². The summed E-state index contributed by atoms with van der Waals surface area (Å²) < 4.78 is 5.21. The topological polar surface area (TPSA) is 41.5 Å². The standard InChI is InChI=1S/C12H19NO2S/c1-9-3-4-11(16-9)10(2)13-7-12(14)5-6-15-8-12/h3-4,10,13-14H,5-8H2,1-2H3/t10-,12-/m0/s1. The maximum Gasteiger partial charge on any atom is 0.103 e. The number of aliphatic hydroxyl groups is 1. The minimum atomic E-state index is -0.666. The smallest absolute Gasteiger partial charge is 0.103 e. The van der Waals surface area contributed by atoms with Gasteiger partial charge in [-0.05, 0) is 26.0 Å². The third-order valence-electron chi connectivity index (χ3n) is 3.01. The van der Waals surface area contributed by atoms with Gasteiger partial charge < -0.3 is 15.2 Å². The van der Waals surface area contributed by atoms with Crippen LogP contribution in [0.15, 0.2) is 12.1 Å². The molecule has 0 radical (unpaired) electrons. The molecule has 0 aromatic carbocycles. The highest BCUT2D eigenvalue weighted by atomic mass is 32.1. The Kier molecular flexibility index (Phi) is 3.64. The molecule has 0 unspecified atom stereocenters. The largest absolute Gasteiger partial charge is 0.386 e. The van der Waals surface area contributed by atoms with E-state index in [4.69, 9.17) is 4.74 Å². The summed E-state index contributed by atoms with van der Waals surface area (Å²) >= 11 is 1.80. The lowest BCUT2D eigenvalue weighted by Gasteiger charge is -2.23. The lowest BCUT2D eigenvalue weighted by atomic mass is 10.0. The molecule has 2 atom stereocenters. The van der Waals surface area contributed by atoms with E-state index in [9.17, 15) is 5.11 Å². The lowest BCUT2D eigenvalue weighted by Crippen LogP contribution is -2.41. The summed E-state index contributed by atoms with van der Waals surface area (Å²) in [6.45, 7) is 5.97. The number of hydrogen-bond acceptors (Lipinski definition) is 4. The Bertz CT molecular complexity index is 345. The second-order valence-electron chi connectivity index (χ2n) is 4.58. The number of rotatable bonds is 4. The van der Waals surface area contributed by atoms with E-state index in [0.29, 0.717) is 25.8 Å². The van der Waals surface area contributed by atoms with Crippen LogP contribution in [0.3, 0.4) is 0 Å². The van der Waals surface area contributed by atoms with Crippen molar-refractivity contribution in [2.45, 2.75) is 31.9 Å². The van der Waals surface area contributed by atoms with Gasteiger partial charge in [-0.3, -0.25) is 0 Å². The van der Waals surface area contributed by atoms with Gasteiger partial charge in [0.15, 0.2) is 0 Å². The maximum atomic E-state index is 10.1. The predicted octanol–water partition coefficient (Wildman–Crippen LogP) is 1.86. The van der Waals surface area contributed by atoms with E-state index in [-0.39, 0.29) is 0 Å². The first kappa shape index (κ1) is 12.0. The van der Waals surface area contributed by atoms with E-state index < -0.39 is 5.60 Å². The van der Waals surface area contributed by atoms with Gasteiger partial charge in [-0.1, -0.05) is 0 Å². The number of ether oxygens (including phenoxy) is 1. The first-order valence-electron chi connectivity index (χ1n) is 5.69. The molecule has 3 nitrogen and oxygen atoms in total. The molecule has 0 amide bonds. The quantitative estimate of drug-likeness (QED) is 0.845. The fourth-order valence-electron chi connectivity index (χ4n) is 1.87. The first-order valence-corrected chi connectivity index (χ1v) is 6.51. The highest BCUT2D eigenvalue weighted by Crippen LogP contribution is 2.24. The van der Waals surface area contributed by atoms with Gasteiger partial charge in [0.1, 0.15) is 5.60 Å². The SMILES string of the molecule is Cc1ccc([C@H](C)NC[C@@]2(O)CCOC2)s1. The maximum absolute atomic E-state index is 10.1. The predicted molar refractivity (Wildman–Crippen MR) is 65.9 cm³/mol. The zero-order valence-corrected chi connectivity index (χ0v) is 10.6. The average Bonchev–Trinajstić information content (AvgIpc) is 2.85. The Morgan fingerprint density at radius 3 is 3.00 bits per heavy atom. The minimum Gasteiger partial charge on any atom is -0.386 e. The van der Waals surface area contributed by atoms with Crippen molar-refractivity contribution in [3.8, 4) is 0 Å². The van der Waals surface area contributed by atoms with Crippen LogP contribution in [0.5, 0.6) is 0 Å². The molecule has 2 heterocycles. The zero-order valence-electron chi connectivity index (χ0n) is 9.82. The van der Waals surface area contributed by atoms with E-state index in [1.54, 1.807) is 11.3 Å². The first-order chi connectivity index (χ1) is 7.59. The van der Waals surface area contributed by atoms with Crippen molar-refractivity contribution in [1.29, 1.82) is 0 Å². The number of hydrogen-bond donors (Lipinski definition) is 2. The van der Waals surface area contributed by atoms with Crippen molar-refractivity contribution in [2.24, 2.45) is 0 Å². The summed E-state index contributed by atoms with van der Waals surface area (Å²) in [7, 11) is 0. The number of aryl methyl sites for hydroxylation is 1. The summed E-state index contributed by atoms with van der Waals surface area (Å²) in [5.74, 6) is 0. The van der Waals surface area contributed by atoms with E-state index in [2.05, 4.69) is 31.3 Å². The van der Waals surface area contributed by atoms with Crippen LogP contribution in [-0.2, 0) is 4.74 Å². The molecule has 1 aliphatic rings. The Hall–Kier alpha value is -0.420. The normalized spacial score (nSPS) is 27.2. The second-order valence-corrected chi connectivity index (χ2v) is 5.90. The van der Waals surface area contributed by atoms with Crippen molar-refractivity contribution in [3.05, 3.63) is 21.9 Å². The van der Waals surface area contributed by atoms with Gasteiger partial charge in [-0.25, -0.2) is 0 Å². The van der Waals surface area contributed by atoms with Crippen molar-refractivity contribution in [1.82, 2.24) is 5.32 Å². The molecule has 1 fully saturated rings. The molecule has 90 valence electrons. The van der Waals surface area contributed by atoms with Crippen LogP contribution < -0.4 is 5.32 Å². The molecule has 0 aliphatic carbocycles. The Morgan fingerprint density at radius 1 is 1.62 bits per heavy atom. The van der Waals surface area contributed by atoms with Crippen LogP contribution in [0.2, 0.25) is 0 Å². The zero-order chi connectivity index (χ0) is 11.6. The van der Waals surface area contributed by atoms with Gasteiger partial charge in [0.05, 0.1) is 6.61 Å². The third kappa shape index (κ3) is 2.83. The van der Waals surface area contributed by atoms with E-state index >= 15 is 0 Å². The van der Waals surface area contributed by atoms with Crippen LogP contribution in [0, 0.1) is 6.92 Å². The summed E-state index contributed by atoms with van der Waals surface area (Å²) in [5, 5.41) is 13.5. The van der Waals surface area contributed by atoms with Crippen LogP contribution >= 0.6 is 11.3 Å². The summed E-state index contributed by atoms with van der Waals surface area (Å²) in [6, 6.07) is 4.57. The van der Waals surface area contributed by atoms with Crippen LogP contribution in [0.25, 0.3) is 0 Å². The molecule has 0 spiro atoms. The summed E-state index contributed by atoms with van der Waals surface area (Å²) in [5.41, 5.74) is -0.666. The molecule has 1 aromatic rings. The third-order valence-corrected chi connectivity index (χ3v) is 4.19. The van der Waals surface area contributed by atoms with Crippen molar-refractivity contribution in [3.63, 3.8) is 0 Å². The van der Waals surface area contributed by atoms with Gasteiger partial charge in [-0.15, -0.1) is 11.3 Å². The van der Waals surface area contributed by atoms with E-state index in [0.717, 1.165) is 6.42 Å². The molecule has 4 heteroatoms. The highest BCUT2D eigenvalue weighted by molar-refractivity contribution is 7.12. The molecule has 2 N–H and O–H groups in total. The average molecular weight is 241 g/mol. The van der Waals surface area contributed by atoms with Crippen molar-refractivity contribution >= 4 is 11.3 Å². The fourth-order valence-corrected chi connectivity index (χ4v) is 2.77. The van der Waals surface area contributed by atoms with Crippen molar-refractivity contribution < 1.29 is 9.84 Å². The minimum absolute atomic E-state index is 0.295. The van der Waals surface area contributed by atoms with Gasteiger partial charge in [0.25, 0.3) is 0 Å². The van der Waals surface area contributed by atoms with Gasteiger partial charge in [0.2, 0.25) is 0 Å². The molecule has 0 saturated carbocycles. The fraction of sp³-hybridized carbons (Fsp3) is 0.667. The second kappa shape index (κ2) is 4.84. The molecule has 1 aromatic heterocycles. The Labute approximate surface area is 100 Å². The van der Waals surface area contributed by atoms with Gasteiger partial charge in [0, 0.05) is 35.4 Å². The van der Waals surface area contributed by atoms with Gasteiger partial charge in [-0.2, -0.15) is 0 Å².